The van der Waals surface area contributed by atoms with Gasteiger partial charge in [-0.3, -0.25) is 19.8 Å². The van der Waals surface area contributed by atoms with Crippen LogP contribution >= 0.6 is 0 Å². The van der Waals surface area contributed by atoms with Gasteiger partial charge in [-0.2, -0.15) is 0 Å². The summed E-state index contributed by atoms with van der Waals surface area (Å²) in [5, 5.41) is 20.5. The number of hydrogen-bond acceptors (Lipinski definition) is 5. The number of hydrogen-bond donors (Lipinski definition) is 3. The summed E-state index contributed by atoms with van der Waals surface area (Å²) in [6, 6.07) is 9.21. The molecule has 7 nitrogen and oxygen atoms in total. The third kappa shape index (κ3) is 5.84. The largest absolute Gasteiger partial charge is 0.489 e. The normalized spacial score (nSPS) is 12.1. The van der Waals surface area contributed by atoms with Crippen LogP contribution in [0, 0.1) is 19.3 Å². The lowest BCUT2D eigenvalue weighted by Gasteiger charge is -2.39. The Balaban J connectivity index is 2.49. The molecule has 0 fully saturated rings. The summed E-state index contributed by atoms with van der Waals surface area (Å²) in [4.78, 5) is 37.8. The van der Waals surface area contributed by atoms with Gasteiger partial charge < -0.3 is 10.0 Å². The fraction of sp³-hybridized carbons (Fsp3) is 0.375. The molecule has 32 heavy (non-hydrogen) atoms. The topological polar surface area (TPSA) is 107 Å². The molecular weight excluding hydrogens is 407 g/mol. The Morgan fingerprint density at radius 2 is 1.66 bits per heavy atom. The summed E-state index contributed by atoms with van der Waals surface area (Å²) in [5.41, 5.74) is 4.83. The smallest absolute Gasteiger partial charge is 0.423 e. The van der Waals surface area contributed by atoms with Crippen molar-refractivity contribution >= 4 is 30.7 Å². The van der Waals surface area contributed by atoms with Crippen LogP contribution < -0.4 is 10.9 Å². The van der Waals surface area contributed by atoms with Crippen LogP contribution in [0.3, 0.4) is 0 Å². The first-order chi connectivity index (χ1) is 14.9. The van der Waals surface area contributed by atoms with E-state index in [-0.39, 0.29) is 34.0 Å². The molecule has 0 aliphatic rings. The first-order valence-electron chi connectivity index (χ1n) is 10.6. The van der Waals surface area contributed by atoms with Crippen molar-refractivity contribution in [1.82, 2.24) is 10.4 Å². The van der Waals surface area contributed by atoms with E-state index in [0.29, 0.717) is 18.3 Å². The summed E-state index contributed by atoms with van der Waals surface area (Å²) in [7, 11) is -1.91. The highest BCUT2D eigenvalue weighted by Crippen LogP contribution is 2.27. The Labute approximate surface area is 189 Å². The number of rotatable bonds is 6. The van der Waals surface area contributed by atoms with Crippen LogP contribution in [0.2, 0.25) is 0 Å². The standard InChI is InChI=1S/C24H31BN2O5/c1-7-21(24(4,5)6)27(23(30)19-11-15(2)10-16(3)12-19)26-22(29)17-8-9-18(14-28)20(13-17)25(31)32/h8-14,21,31-32H,7H2,1-6H3,(H,26,29). The molecule has 0 aliphatic carbocycles. The van der Waals surface area contributed by atoms with Gasteiger partial charge in [-0.15, -0.1) is 0 Å². The van der Waals surface area contributed by atoms with Crippen LogP contribution in [0.1, 0.15) is 76.3 Å². The minimum absolute atomic E-state index is 0.0702. The number of nitrogens with zero attached hydrogens (tertiary/aromatic N) is 1. The van der Waals surface area contributed by atoms with Gasteiger partial charge in [0, 0.05) is 16.7 Å². The first-order valence-corrected chi connectivity index (χ1v) is 10.6. The zero-order valence-electron chi connectivity index (χ0n) is 19.5. The van der Waals surface area contributed by atoms with Gasteiger partial charge in [-0.05, 0) is 55.4 Å². The Bertz CT molecular complexity index is 994. The van der Waals surface area contributed by atoms with E-state index < -0.39 is 13.0 Å². The van der Waals surface area contributed by atoms with Crippen LogP contribution in [0.4, 0.5) is 0 Å². The quantitative estimate of drug-likeness (QED) is 0.365. The van der Waals surface area contributed by atoms with Gasteiger partial charge in [0.25, 0.3) is 11.8 Å². The molecule has 0 aromatic heterocycles. The molecule has 1 atom stereocenters. The van der Waals surface area contributed by atoms with Gasteiger partial charge in [-0.1, -0.05) is 51.0 Å². The van der Waals surface area contributed by atoms with Crippen molar-refractivity contribution in [2.45, 2.75) is 54.0 Å². The average molecular weight is 438 g/mol. The highest BCUT2D eigenvalue weighted by Gasteiger charge is 2.34. The third-order valence-corrected chi connectivity index (χ3v) is 5.36. The summed E-state index contributed by atoms with van der Waals surface area (Å²) < 4.78 is 0. The molecule has 0 spiro atoms. The van der Waals surface area contributed by atoms with Gasteiger partial charge in [0.15, 0.2) is 0 Å². The van der Waals surface area contributed by atoms with Crippen molar-refractivity contribution in [1.29, 1.82) is 0 Å². The SMILES string of the molecule is CCC(N(NC(=O)c1ccc(C=O)c(B(O)O)c1)C(=O)c1cc(C)cc(C)c1)C(C)(C)C. The number of nitrogens with one attached hydrogen (secondary N) is 1. The number of hydrazine groups is 1. The average Bonchev–Trinajstić information content (AvgIpc) is 2.70. The number of amides is 2. The Morgan fingerprint density at radius 3 is 2.12 bits per heavy atom. The van der Waals surface area contributed by atoms with Crippen LogP contribution in [-0.2, 0) is 0 Å². The molecule has 2 amide bonds. The van der Waals surface area contributed by atoms with Crippen molar-refractivity contribution < 1.29 is 24.4 Å². The third-order valence-electron chi connectivity index (χ3n) is 5.36. The maximum atomic E-state index is 13.5. The second kappa shape index (κ2) is 10.1. The summed E-state index contributed by atoms with van der Waals surface area (Å²) in [6.07, 6.45) is 1.09. The lowest BCUT2D eigenvalue weighted by Crippen LogP contribution is -2.56. The van der Waals surface area contributed by atoms with E-state index in [0.717, 1.165) is 11.1 Å². The molecular formula is C24H31BN2O5. The Kier molecular flexibility index (Phi) is 7.99. The van der Waals surface area contributed by atoms with E-state index in [2.05, 4.69) is 5.43 Å². The zero-order chi connectivity index (χ0) is 24.2. The Hall–Kier alpha value is -2.97. The summed E-state index contributed by atoms with van der Waals surface area (Å²) in [6.45, 7) is 11.7. The molecule has 0 aliphatic heterocycles. The molecule has 3 N–H and O–H groups in total. The summed E-state index contributed by atoms with van der Waals surface area (Å²) >= 11 is 0. The van der Waals surface area contributed by atoms with Gasteiger partial charge in [-0.25, -0.2) is 5.01 Å². The maximum Gasteiger partial charge on any atom is 0.489 e. The first kappa shape index (κ1) is 25.3. The monoisotopic (exact) mass is 438 g/mol. The van der Waals surface area contributed by atoms with Gasteiger partial charge in [0.05, 0.1) is 6.04 Å². The number of benzene rings is 2. The number of aryl methyl sites for hydroxylation is 2. The lowest BCUT2D eigenvalue weighted by atomic mass is 9.76. The van der Waals surface area contributed by atoms with Crippen molar-refractivity contribution in [3.63, 3.8) is 0 Å². The molecule has 170 valence electrons. The van der Waals surface area contributed by atoms with Crippen molar-refractivity contribution in [2.75, 3.05) is 0 Å². The number of aldehydes is 1. The summed E-state index contributed by atoms with van der Waals surface area (Å²) in [5.74, 6) is -0.927. The van der Waals surface area contributed by atoms with Crippen molar-refractivity contribution in [3.8, 4) is 0 Å². The van der Waals surface area contributed by atoms with Crippen LogP contribution in [0.25, 0.3) is 0 Å². The van der Waals surface area contributed by atoms with E-state index in [1.165, 1.54) is 23.2 Å². The molecule has 8 heteroatoms. The lowest BCUT2D eigenvalue weighted by molar-refractivity contribution is 0.0285. The second-order valence-corrected chi connectivity index (χ2v) is 9.12. The maximum absolute atomic E-state index is 13.5. The second-order valence-electron chi connectivity index (χ2n) is 9.12. The predicted molar refractivity (Wildman–Crippen MR) is 125 cm³/mol. The molecule has 2 rings (SSSR count). The van der Waals surface area contributed by atoms with Gasteiger partial charge in [0.1, 0.15) is 6.29 Å². The molecule has 0 radical (unpaired) electrons. The molecule has 2 aromatic carbocycles. The molecule has 0 heterocycles. The fourth-order valence-corrected chi connectivity index (χ4v) is 3.91. The van der Waals surface area contributed by atoms with Crippen LogP contribution in [-0.4, -0.2) is 46.3 Å². The van der Waals surface area contributed by atoms with Crippen LogP contribution in [0.5, 0.6) is 0 Å². The molecule has 0 bridgehead atoms. The predicted octanol–water partition coefficient (Wildman–Crippen LogP) is 2.41. The van der Waals surface area contributed by atoms with Gasteiger partial charge >= 0.3 is 7.12 Å². The van der Waals surface area contributed by atoms with E-state index >= 15 is 0 Å². The van der Waals surface area contributed by atoms with E-state index in [9.17, 15) is 24.4 Å². The van der Waals surface area contributed by atoms with Crippen molar-refractivity contribution in [2.24, 2.45) is 5.41 Å². The number of carbonyl (C=O) groups excluding carboxylic acids is 3. The highest BCUT2D eigenvalue weighted by molar-refractivity contribution is 6.60. The molecule has 1 unspecified atom stereocenters. The van der Waals surface area contributed by atoms with Crippen LogP contribution in [0.15, 0.2) is 36.4 Å². The molecule has 2 aromatic rings. The molecule has 0 saturated heterocycles. The van der Waals surface area contributed by atoms with E-state index in [4.69, 9.17) is 0 Å². The zero-order valence-corrected chi connectivity index (χ0v) is 19.5. The van der Waals surface area contributed by atoms with E-state index in [1.54, 1.807) is 12.1 Å². The fourth-order valence-electron chi connectivity index (χ4n) is 3.91. The Morgan fingerprint density at radius 1 is 1.06 bits per heavy atom. The van der Waals surface area contributed by atoms with Gasteiger partial charge in [0.2, 0.25) is 0 Å². The highest BCUT2D eigenvalue weighted by atomic mass is 16.4. The molecule has 0 saturated carbocycles. The minimum atomic E-state index is -1.91. The van der Waals surface area contributed by atoms with Crippen molar-refractivity contribution in [3.05, 3.63) is 64.2 Å². The van der Waals surface area contributed by atoms with E-state index in [1.807, 2.05) is 47.6 Å². The number of carbonyl (C=O) groups is 3. The minimum Gasteiger partial charge on any atom is -0.423 e.